The second kappa shape index (κ2) is 7.06. The van der Waals surface area contributed by atoms with E-state index < -0.39 is 0 Å². The van der Waals surface area contributed by atoms with Crippen molar-refractivity contribution in [2.75, 3.05) is 0 Å². The molecule has 0 unspecified atom stereocenters. The van der Waals surface area contributed by atoms with Crippen molar-refractivity contribution in [3.63, 3.8) is 0 Å². The van der Waals surface area contributed by atoms with Crippen molar-refractivity contribution >= 4 is 57.9 Å². The Morgan fingerprint density at radius 3 is 2.50 bits per heavy atom. The molecule has 0 aromatic heterocycles. The lowest BCUT2D eigenvalue weighted by molar-refractivity contribution is 0.0955. The monoisotopic (exact) mass is 418 g/mol. The van der Waals surface area contributed by atoms with Crippen LogP contribution in [-0.2, 0) is 0 Å². The summed E-state index contributed by atoms with van der Waals surface area (Å²) in [6, 6.07) is 12.4. The van der Waals surface area contributed by atoms with E-state index >= 15 is 0 Å². The van der Waals surface area contributed by atoms with Gasteiger partial charge < -0.3 is 0 Å². The van der Waals surface area contributed by atoms with Crippen LogP contribution in [0.15, 0.2) is 47.6 Å². The summed E-state index contributed by atoms with van der Waals surface area (Å²) in [6.45, 7) is 0. The molecule has 0 bridgehead atoms. The van der Waals surface area contributed by atoms with Crippen LogP contribution in [0.25, 0.3) is 0 Å². The highest BCUT2D eigenvalue weighted by Gasteiger charge is 2.09. The average Bonchev–Trinajstić information content (AvgIpc) is 2.41. The zero-order valence-corrected chi connectivity index (χ0v) is 13.8. The van der Waals surface area contributed by atoms with Crippen LogP contribution in [0.4, 0.5) is 0 Å². The molecule has 0 saturated carbocycles. The van der Waals surface area contributed by atoms with Gasteiger partial charge in [-0.1, -0.05) is 35.3 Å². The molecule has 0 fully saturated rings. The molecule has 2 aromatic carbocycles. The first-order chi connectivity index (χ1) is 9.56. The maximum Gasteiger partial charge on any atom is 0.272 e. The molecule has 0 aliphatic carbocycles. The second-order valence-corrected chi connectivity index (χ2v) is 5.96. The lowest BCUT2D eigenvalue weighted by Crippen LogP contribution is -2.18. The van der Waals surface area contributed by atoms with E-state index in [0.29, 0.717) is 15.6 Å². The number of nitrogens with zero attached hydrogens (tertiary/aromatic N) is 1. The fourth-order valence-electron chi connectivity index (χ4n) is 1.45. The van der Waals surface area contributed by atoms with E-state index in [9.17, 15) is 4.79 Å². The van der Waals surface area contributed by atoms with Gasteiger partial charge in [-0.05, 0) is 58.5 Å². The third kappa shape index (κ3) is 4.19. The smallest absolute Gasteiger partial charge is 0.267 e. The van der Waals surface area contributed by atoms with Crippen molar-refractivity contribution in [2.45, 2.75) is 0 Å². The molecular weight excluding hydrogens is 410 g/mol. The minimum absolute atomic E-state index is 0.291. The van der Waals surface area contributed by atoms with Crippen LogP contribution in [0, 0.1) is 3.57 Å². The van der Waals surface area contributed by atoms with Crippen molar-refractivity contribution in [1.29, 1.82) is 0 Å². The largest absolute Gasteiger partial charge is 0.272 e. The Morgan fingerprint density at radius 2 is 1.85 bits per heavy atom. The van der Waals surface area contributed by atoms with Crippen LogP contribution in [0.5, 0.6) is 0 Å². The summed E-state index contributed by atoms with van der Waals surface area (Å²) < 4.78 is 1.14. The van der Waals surface area contributed by atoms with Crippen molar-refractivity contribution in [3.8, 4) is 0 Å². The lowest BCUT2D eigenvalue weighted by atomic mass is 10.2. The van der Waals surface area contributed by atoms with Gasteiger partial charge in [0, 0.05) is 8.59 Å². The van der Waals surface area contributed by atoms with E-state index in [0.717, 1.165) is 9.13 Å². The third-order valence-electron chi connectivity index (χ3n) is 2.43. The number of hydrogen-bond acceptors (Lipinski definition) is 2. The Morgan fingerprint density at radius 1 is 1.15 bits per heavy atom. The fraction of sp³-hybridized carbons (Fsp3) is 0. The van der Waals surface area contributed by atoms with E-state index in [1.165, 1.54) is 6.07 Å². The van der Waals surface area contributed by atoms with Crippen LogP contribution < -0.4 is 5.43 Å². The molecule has 20 heavy (non-hydrogen) atoms. The van der Waals surface area contributed by atoms with Gasteiger partial charge in [0.15, 0.2) is 0 Å². The Bertz CT molecular complexity index is 657. The van der Waals surface area contributed by atoms with Crippen LogP contribution in [0.2, 0.25) is 10.0 Å². The minimum Gasteiger partial charge on any atom is -0.267 e. The zero-order valence-electron chi connectivity index (χ0n) is 10.1. The molecule has 102 valence electrons. The van der Waals surface area contributed by atoms with E-state index in [1.54, 1.807) is 18.3 Å². The van der Waals surface area contributed by atoms with E-state index in [4.69, 9.17) is 23.2 Å². The summed E-state index contributed by atoms with van der Waals surface area (Å²) in [5, 5.41) is 4.66. The summed E-state index contributed by atoms with van der Waals surface area (Å²) in [4.78, 5) is 11.9. The quantitative estimate of drug-likeness (QED) is 0.449. The molecule has 3 nitrogen and oxygen atoms in total. The predicted molar refractivity (Wildman–Crippen MR) is 90.7 cm³/mol. The molecule has 0 atom stereocenters. The van der Waals surface area contributed by atoms with Crippen LogP contribution in [-0.4, -0.2) is 12.1 Å². The summed E-state index contributed by atoms with van der Waals surface area (Å²) in [5.74, 6) is -0.381. The second-order valence-electron chi connectivity index (χ2n) is 3.87. The summed E-state index contributed by atoms with van der Waals surface area (Å²) in [6.07, 6.45) is 1.57. The van der Waals surface area contributed by atoms with Gasteiger partial charge in [0.05, 0.1) is 16.8 Å². The van der Waals surface area contributed by atoms with Crippen LogP contribution in [0.3, 0.4) is 0 Å². The van der Waals surface area contributed by atoms with Gasteiger partial charge in [-0.3, -0.25) is 4.79 Å². The van der Waals surface area contributed by atoms with Crippen molar-refractivity contribution in [1.82, 2.24) is 5.43 Å². The number of rotatable bonds is 3. The van der Waals surface area contributed by atoms with Gasteiger partial charge in [-0.25, -0.2) is 5.43 Å². The maximum absolute atomic E-state index is 11.9. The predicted octanol–water partition coefficient (Wildman–Crippen LogP) is 4.36. The standard InChI is InChI=1S/C14H9Cl2IN2O/c15-10-3-6-12(13(16)7-10)14(20)19-18-8-9-1-4-11(17)5-2-9/h1-8H,(H,19,20)/b18-8-. The van der Waals surface area contributed by atoms with Gasteiger partial charge in [0.25, 0.3) is 5.91 Å². The van der Waals surface area contributed by atoms with Crippen molar-refractivity contribution in [3.05, 3.63) is 67.2 Å². The first kappa shape index (κ1) is 15.3. The molecule has 1 N–H and O–H groups in total. The number of nitrogens with one attached hydrogen (secondary N) is 1. The van der Waals surface area contributed by atoms with Gasteiger partial charge in [0.1, 0.15) is 0 Å². The molecule has 0 aliphatic heterocycles. The SMILES string of the molecule is O=C(N/N=C\c1ccc(I)cc1)c1ccc(Cl)cc1Cl. The average molecular weight is 419 g/mol. The Balaban J connectivity index is 2.03. The van der Waals surface area contributed by atoms with E-state index in [1.807, 2.05) is 24.3 Å². The number of carbonyl (C=O) groups is 1. The molecule has 2 aromatic rings. The molecule has 6 heteroatoms. The molecule has 0 heterocycles. The van der Waals surface area contributed by atoms with E-state index in [2.05, 4.69) is 33.1 Å². The third-order valence-corrected chi connectivity index (χ3v) is 3.69. The molecule has 0 saturated heterocycles. The van der Waals surface area contributed by atoms with Crippen molar-refractivity contribution in [2.24, 2.45) is 5.10 Å². The normalized spacial score (nSPS) is 10.8. The van der Waals surface area contributed by atoms with Crippen LogP contribution >= 0.6 is 45.8 Å². The van der Waals surface area contributed by atoms with E-state index in [-0.39, 0.29) is 5.91 Å². The number of halogens is 3. The number of hydrazone groups is 1. The maximum atomic E-state index is 11.9. The zero-order chi connectivity index (χ0) is 14.5. The number of carbonyl (C=O) groups excluding carboxylic acids is 1. The molecular formula is C14H9Cl2IN2O. The Labute approximate surface area is 140 Å². The minimum atomic E-state index is -0.381. The van der Waals surface area contributed by atoms with Gasteiger partial charge in [0.2, 0.25) is 0 Å². The fourth-order valence-corrected chi connectivity index (χ4v) is 2.30. The van der Waals surface area contributed by atoms with Gasteiger partial charge in [-0.2, -0.15) is 5.10 Å². The van der Waals surface area contributed by atoms with Gasteiger partial charge in [-0.15, -0.1) is 0 Å². The highest BCUT2D eigenvalue weighted by atomic mass is 127. The van der Waals surface area contributed by atoms with Crippen molar-refractivity contribution < 1.29 is 4.79 Å². The first-order valence-corrected chi connectivity index (χ1v) is 7.44. The first-order valence-electron chi connectivity index (χ1n) is 5.60. The van der Waals surface area contributed by atoms with Gasteiger partial charge >= 0.3 is 0 Å². The Hall–Kier alpha value is -1.11. The molecule has 0 radical (unpaired) electrons. The topological polar surface area (TPSA) is 41.5 Å². The van der Waals surface area contributed by atoms with Crippen LogP contribution in [0.1, 0.15) is 15.9 Å². The number of benzene rings is 2. The Kier molecular flexibility index (Phi) is 5.39. The summed E-state index contributed by atoms with van der Waals surface area (Å²) >= 11 is 13.9. The highest BCUT2D eigenvalue weighted by molar-refractivity contribution is 14.1. The highest BCUT2D eigenvalue weighted by Crippen LogP contribution is 2.20. The molecule has 0 aliphatic rings. The number of amides is 1. The number of hydrogen-bond donors (Lipinski definition) is 1. The molecule has 0 spiro atoms. The summed E-state index contributed by atoms with van der Waals surface area (Å²) in [7, 11) is 0. The molecule has 1 amide bonds. The molecule has 2 rings (SSSR count). The lowest BCUT2D eigenvalue weighted by Gasteiger charge is -2.02. The summed E-state index contributed by atoms with van der Waals surface area (Å²) in [5.41, 5.74) is 3.65.